The van der Waals surface area contributed by atoms with Crippen LogP contribution in [-0.2, 0) is 4.79 Å². The standard InChI is InChI=1S/C10H20N2OS.ClH/c1-8(14-2)7-12-10(13)9-5-3-4-6-11-9;/h8-9,11H,3-7H2,1-2H3,(H,12,13);1H. The Morgan fingerprint density at radius 2 is 2.33 bits per heavy atom. The molecule has 2 unspecified atom stereocenters. The van der Waals surface area contributed by atoms with Crippen molar-refractivity contribution in [2.24, 2.45) is 0 Å². The molecule has 0 radical (unpaired) electrons. The summed E-state index contributed by atoms with van der Waals surface area (Å²) in [5, 5.41) is 6.72. The van der Waals surface area contributed by atoms with Gasteiger partial charge in [-0.2, -0.15) is 11.8 Å². The van der Waals surface area contributed by atoms with Gasteiger partial charge in [0.1, 0.15) is 0 Å². The number of rotatable bonds is 4. The van der Waals surface area contributed by atoms with Gasteiger partial charge in [-0.25, -0.2) is 0 Å². The van der Waals surface area contributed by atoms with E-state index >= 15 is 0 Å². The van der Waals surface area contributed by atoms with Gasteiger partial charge in [-0.3, -0.25) is 4.79 Å². The van der Waals surface area contributed by atoms with Crippen molar-refractivity contribution in [1.29, 1.82) is 0 Å². The maximum atomic E-state index is 11.6. The molecule has 0 aromatic carbocycles. The Kier molecular flexibility index (Phi) is 8.29. The highest BCUT2D eigenvalue weighted by atomic mass is 35.5. The normalized spacial score (nSPS) is 22.7. The van der Waals surface area contributed by atoms with Gasteiger partial charge < -0.3 is 10.6 Å². The van der Waals surface area contributed by atoms with Crippen LogP contribution in [-0.4, -0.2) is 36.5 Å². The van der Waals surface area contributed by atoms with Crippen molar-refractivity contribution in [2.75, 3.05) is 19.3 Å². The van der Waals surface area contributed by atoms with Crippen molar-refractivity contribution in [1.82, 2.24) is 10.6 Å². The highest BCUT2D eigenvalue weighted by Crippen LogP contribution is 2.07. The molecule has 1 amide bonds. The lowest BCUT2D eigenvalue weighted by Crippen LogP contribution is -2.47. The van der Waals surface area contributed by atoms with E-state index in [1.807, 2.05) is 0 Å². The zero-order valence-electron chi connectivity index (χ0n) is 9.41. The van der Waals surface area contributed by atoms with Gasteiger partial charge in [-0.15, -0.1) is 12.4 Å². The SMILES string of the molecule is CSC(C)CNC(=O)C1CCCCN1.Cl. The Bertz CT molecular complexity index is 186. The number of carbonyl (C=O) groups is 1. The molecule has 1 aliphatic heterocycles. The zero-order chi connectivity index (χ0) is 10.4. The van der Waals surface area contributed by atoms with E-state index in [2.05, 4.69) is 23.8 Å². The summed E-state index contributed by atoms with van der Waals surface area (Å²) in [6, 6.07) is 0.0535. The maximum absolute atomic E-state index is 11.6. The number of hydrogen-bond donors (Lipinski definition) is 2. The summed E-state index contributed by atoms with van der Waals surface area (Å²) in [5.74, 6) is 0.172. The molecule has 1 aliphatic rings. The molecule has 3 nitrogen and oxygen atoms in total. The first-order chi connectivity index (χ1) is 6.74. The lowest BCUT2D eigenvalue weighted by atomic mass is 10.0. The van der Waals surface area contributed by atoms with Crippen LogP contribution in [0.25, 0.3) is 0 Å². The average molecular weight is 253 g/mol. The number of halogens is 1. The minimum absolute atomic E-state index is 0. The van der Waals surface area contributed by atoms with Crippen LogP contribution in [0.3, 0.4) is 0 Å². The summed E-state index contributed by atoms with van der Waals surface area (Å²) in [7, 11) is 0. The van der Waals surface area contributed by atoms with Gasteiger partial charge in [0, 0.05) is 11.8 Å². The fourth-order valence-corrected chi connectivity index (χ4v) is 1.78. The van der Waals surface area contributed by atoms with E-state index in [0.29, 0.717) is 5.25 Å². The van der Waals surface area contributed by atoms with Crippen LogP contribution >= 0.6 is 24.2 Å². The lowest BCUT2D eigenvalue weighted by molar-refractivity contribution is -0.123. The second-order valence-electron chi connectivity index (χ2n) is 3.79. The largest absolute Gasteiger partial charge is 0.354 e. The third kappa shape index (κ3) is 5.64. The smallest absolute Gasteiger partial charge is 0.237 e. The molecule has 1 rings (SSSR count). The van der Waals surface area contributed by atoms with Gasteiger partial charge >= 0.3 is 0 Å². The highest BCUT2D eigenvalue weighted by Gasteiger charge is 2.20. The van der Waals surface area contributed by atoms with Crippen LogP contribution in [0.2, 0.25) is 0 Å². The molecule has 0 aliphatic carbocycles. The third-order valence-electron chi connectivity index (χ3n) is 2.59. The van der Waals surface area contributed by atoms with E-state index in [4.69, 9.17) is 0 Å². The maximum Gasteiger partial charge on any atom is 0.237 e. The minimum atomic E-state index is 0. The van der Waals surface area contributed by atoms with Crippen molar-refractivity contribution in [3.05, 3.63) is 0 Å². The first-order valence-electron chi connectivity index (χ1n) is 5.28. The zero-order valence-corrected chi connectivity index (χ0v) is 11.0. The van der Waals surface area contributed by atoms with Crippen LogP contribution in [0, 0.1) is 0 Å². The Balaban J connectivity index is 0.00000196. The van der Waals surface area contributed by atoms with Crippen LogP contribution in [0.15, 0.2) is 0 Å². The van der Waals surface area contributed by atoms with E-state index in [1.54, 1.807) is 11.8 Å². The summed E-state index contributed by atoms with van der Waals surface area (Å²) in [6.45, 7) is 3.88. The molecule has 0 spiro atoms. The first kappa shape index (κ1) is 15.1. The Hall–Kier alpha value is 0.0700. The van der Waals surface area contributed by atoms with E-state index in [1.165, 1.54) is 12.8 Å². The molecule has 90 valence electrons. The molecule has 0 bridgehead atoms. The monoisotopic (exact) mass is 252 g/mol. The molecule has 0 saturated carbocycles. The fraction of sp³-hybridized carbons (Fsp3) is 0.900. The van der Waals surface area contributed by atoms with Crippen molar-refractivity contribution in [3.8, 4) is 0 Å². The molecule has 5 heteroatoms. The van der Waals surface area contributed by atoms with Gasteiger partial charge in [-0.1, -0.05) is 13.3 Å². The quantitative estimate of drug-likeness (QED) is 0.795. The number of nitrogens with one attached hydrogen (secondary N) is 2. The summed E-state index contributed by atoms with van der Waals surface area (Å²) < 4.78 is 0. The summed E-state index contributed by atoms with van der Waals surface area (Å²) in [4.78, 5) is 11.6. The third-order valence-corrected chi connectivity index (χ3v) is 3.56. The lowest BCUT2D eigenvalue weighted by Gasteiger charge is -2.23. The number of thioether (sulfide) groups is 1. The van der Waals surface area contributed by atoms with E-state index in [-0.39, 0.29) is 24.4 Å². The van der Waals surface area contributed by atoms with Crippen LogP contribution in [0.5, 0.6) is 0 Å². The van der Waals surface area contributed by atoms with Crippen molar-refractivity contribution in [3.63, 3.8) is 0 Å². The van der Waals surface area contributed by atoms with Crippen molar-refractivity contribution >= 4 is 30.1 Å². The Morgan fingerprint density at radius 1 is 1.60 bits per heavy atom. The molecule has 15 heavy (non-hydrogen) atoms. The predicted octanol–water partition coefficient (Wildman–Crippen LogP) is 1.42. The molecule has 1 heterocycles. The molecule has 2 N–H and O–H groups in total. The summed E-state index contributed by atoms with van der Waals surface area (Å²) in [5.41, 5.74) is 0. The number of amides is 1. The molecule has 1 saturated heterocycles. The first-order valence-corrected chi connectivity index (χ1v) is 6.56. The van der Waals surface area contributed by atoms with E-state index in [0.717, 1.165) is 19.5 Å². The second kappa shape index (κ2) is 8.25. The van der Waals surface area contributed by atoms with Crippen molar-refractivity contribution < 1.29 is 4.79 Å². The van der Waals surface area contributed by atoms with Crippen LogP contribution in [0.1, 0.15) is 26.2 Å². The van der Waals surface area contributed by atoms with Crippen molar-refractivity contribution in [2.45, 2.75) is 37.5 Å². The molecule has 0 aromatic heterocycles. The predicted molar refractivity (Wildman–Crippen MR) is 68.9 cm³/mol. The summed E-state index contributed by atoms with van der Waals surface area (Å²) in [6.07, 6.45) is 5.42. The molecular formula is C10H21ClN2OS. The number of carbonyl (C=O) groups excluding carboxylic acids is 1. The number of piperidine rings is 1. The highest BCUT2D eigenvalue weighted by molar-refractivity contribution is 7.99. The number of hydrogen-bond acceptors (Lipinski definition) is 3. The fourth-order valence-electron chi connectivity index (χ4n) is 1.53. The molecule has 0 aromatic rings. The van der Waals surface area contributed by atoms with E-state index in [9.17, 15) is 4.79 Å². The molecular weight excluding hydrogens is 232 g/mol. The molecule has 1 fully saturated rings. The van der Waals surface area contributed by atoms with Crippen LogP contribution < -0.4 is 10.6 Å². The molecule has 2 atom stereocenters. The van der Waals surface area contributed by atoms with Gasteiger partial charge in [0.15, 0.2) is 0 Å². The Labute approximate surface area is 103 Å². The van der Waals surface area contributed by atoms with Gasteiger partial charge in [-0.05, 0) is 25.6 Å². The van der Waals surface area contributed by atoms with Gasteiger partial charge in [0.25, 0.3) is 0 Å². The van der Waals surface area contributed by atoms with Gasteiger partial charge in [0.2, 0.25) is 5.91 Å². The second-order valence-corrected chi connectivity index (χ2v) is 5.07. The van der Waals surface area contributed by atoms with Gasteiger partial charge in [0.05, 0.1) is 6.04 Å². The Morgan fingerprint density at radius 3 is 2.87 bits per heavy atom. The topological polar surface area (TPSA) is 41.1 Å². The summed E-state index contributed by atoms with van der Waals surface area (Å²) >= 11 is 1.78. The van der Waals surface area contributed by atoms with E-state index < -0.39 is 0 Å². The average Bonchev–Trinajstić information content (AvgIpc) is 2.26. The minimum Gasteiger partial charge on any atom is -0.354 e. The van der Waals surface area contributed by atoms with Crippen LogP contribution in [0.4, 0.5) is 0 Å².